The summed E-state index contributed by atoms with van der Waals surface area (Å²) < 4.78 is 2.19. The molecule has 3 aromatic rings. The van der Waals surface area contributed by atoms with Crippen LogP contribution in [0.5, 0.6) is 0 Å². The van der Waals surface area contributed by atoms with Crippen molar-refractivity contribution in [3.05, 3.63) is 77.2 Å². The molecule has 1 saturated heterocycles. The fraction of sp³-hybridized carbons (Fsp3) is 0.304. The van der Waals surface area contributed by atoms with Gasteiger partial charge in [0.25, 0.3) is 5.91 Å². The molecular weight excluding hydrogens is 348 g/mol. The van der Waals surface area contributed by atoms with Crippen LogP contribution in [-0.2, 0) is 5.54 Å². The normalized spacial score (nSPS) is 17.0. The number of hydrogen-bond donors (Lipinski definition) is 1. The standard InChI is InChI=1S/C23H24N4O/c1-16-13-17(2)15-18(14-16)22(28)26-11-7-23(8-12-26)20-6-4-10-27(20)21-19(25-23)5-3-9-24-21/h3-6,9-10,13-15,25H,7-8,11-12H2,1-2H3. The van der Waals surface area contributed by atoms with Gasteiger partial charge in [-0.05, 0) is 63.1 Å². The molecule has 2 aromatic heterocycles. The van der Waals surface area contributed by atoms with Crippen molar-refractivity contribution < 1.29 is 4.79 Å². The molecule has 0 radical (unpaired) electrons. The van der Waals surface area contributed by atoms with E-state index in [1.165, 1.54) is 5.69 Å². The molecular formula is C23H24N4O. The van der Waals surface area contributed by atoms with Crippen molar-refractivity contribution in [2.45, 2.75) is 32.2 Å². The highest BCUT2D eigenvalue weighted by Gasteiger charge is 2.42. The Labute approximate surface area is 165 Å². The fourth-order valence-corrected chi connectivity index (χ4v) is 4.72. The molecule has 0 bridgehead atoms. The zero-order chi connectivity index (χ0) is 19.3. The highest BCUT2D eigenvalue weighted by molar-refractivity contribution is 5.94. The van der Waals surface area contributed by atoms with Crippen molar-refractivity contribution in [1.82, 2.24) is 14.5 Å². The lowest BCUT2D eigenvalue weighted by Gasteiger charge is -2.46. The molecule has 4 heterocycles. The van der Waals surface area contributed by atoms with Crippen LogP contribution in [0.15, 0.2) is 54.9 Å². The topological polar surface area (TPSA) is 50.2 Å². The quantitative estimate of drug-likeness (QED) is 0.701. The van der Waals surface area contributed by atoms with Gasteiger partial charge >= 0.3 is 0 Å². The lowest BCUT2D eigenvalue weighted by Crippen LogP contribution is -2.51. The summed E-state index contributed by atoms with van der Waals surface area (Å²) in [6.45, 7) is 5.56. The van der Waals surface area contributed by atoms with Crippen LogP contribution in [0.3, 0.4) is 0 Å². The van der Waals surface area contributed by atoms with Gasteiger partial charge < -0.3 is 14.8 Å². The third-order valence-electron chi connectivity index (χ3n) is 6.00. The number of amides is 1. The number of pyridine rings is 1. The first-order valence-corrected chi connectivity index (χ1v) is 9.85. The van der Waals surface area contributed by atoms with E-state index in [2.05, 4.69) is 45.3 Å². The van der Waals surface area contributed by atoms with Crippen LogP contribution in [0.1, 0.15) is 40.0 Å². The number of aromatic nitrogens is 2. The van der Waals surface area contributed by atoms with E-state index in [1.54, 1.807) is 0 Å². The van der Waals surface area contributed by atoms with Crippen molar-refractivity contribution in [3.8, 4) is 5.82 Å². The van der Waals surface area contributed by atoms with Crippen LogP contribution in [0.4, 0.5) is 5.69 Å². The first-order valence-electron chi connectivity index (χ1n) is 9.85. The minimum atomic E-state index is -0.154. The van der Waals surface area contributed by atoms with E-state index < -0.39 is 0 Å². The van der Waals surface area contributed by atoms with Crippen LogP contribution in [0.25, 0.3) is 5.82 Å². The molecule has 28 heavy (non-hydrogen) atoms. The summed E-state index contributed by atoms with van der Waals surface area (Å²) in [5, 5.41) is 3.75. The molecule has 1 fully saturated rings. The molecule has 0 aliphatic carbocycles. The van der Waals surface area contributed by atoms with Gasteiger partial charge in [-0.25, -0.2) is 4.98 Å². The molecule has 1 aromatic carbocycles. The van der Waals surface area contributed by atoms with Gasteiger partial charge in [-0.1, -0.05) is 17.2 Å². The van der Waals surface area contributed by atoms with Gasteiger partial charge in [0.2, 0.25) is 0 Å². The minimum Gasteiger partial charge on any atom is -0.371 e. The second kappa shape index (κ2) is 6.23. The Morgan fingerprint density at radius 3 is 2.57 bits per heavy atom. The summed E-state index contributed by atoms with van der Waals surface area (Å²) in [6.07, 6.45) is 5.66. The zero-order valence-corrected chi connectivity index (χ0v) is 16.3. The Morgan fingerprint density at radius 2 is 1.82 bits per heavy atom. The van der Waals surface area contributed by atoms with Gasteiger partial charge in [-0.15, -0.1) is 0 Å². The Hall–Kier alpha value is -3.08. The van der Waals surface area contributed by atoms with E-state index in [-0.39, 0.29) is 11.4 Å². The lowest BCUT2D eigenvalue weighted by atomic mass is 9.82. The summed E-state index contributed by atoms with van der Waals surface area (Å²) in [4.78, 5) is 19.6. The van der Waals surface area contributed by atoms with Gasteiger partial charge in [0, 0.05) is 36.7 Å². The number of benzene rings is 1. The Kier molecular flexibility index (Phi) is 3.79. The Balaban J connectivity index is 1.41. The molecule has 0 atom stereocenters. The average molecular weight is 372 g/mol. The first kappa shape index (κ1) is 17.0. The lowest BCUT2D eigenvalue weighted by molar-refractivity contribution is 0.0676. The Morgan fingerprint density at radius 1 is 1.07 bits per heavy atom. The van der Waals surface area contributed by atoms with E-state index in [0.717, 1.165) is 54.1 Å². The van der Waals surface area contributed by atoms with Gasteiger partial charge in [0.15, 0.2) is 5.82 Å². The summed E-state index contributed by atoms with van der Waals surface area (Å²) in [7, 11) is 0. The largest absolute Gasteiger partial charge is 0.371 e. The van der Waals surface area contributed by atoms with Crippen molar-refractivity contribution in [2.75, 3.05) is 18.4 Å². The van der Waals surface area contributed by atoms with Crippen molar-refractivity contribution in [1.29, 1.82) is 0 Å². The Bertz CT molecular complexity index is 1040. The number of aryl methyl sites for hydroxylation is 2. The summed E-state index contributed by atoms with van der Waals surface area (Å²) in [6, 6.07) is 14.4. The van der Waals surface area contributed by atoms with Crippen LogP contribution in [0.2, 0.25) is 0 Å². The monoisotopic (exact) mass is 372 g/mol. The third kappa shape index (κ3) is 2.61. The molecule has 5 heteroatoms. The van der Waals surface area contributed by atoms with E-state index in [0.29, 0.717) is 0 Å². The highest BCUT2D eigenvalue weighted by atomic mass is 16.2. The maximum absolute atomic E-state index is 13.1. The summed E-state index contributed by atoms with van der Waals surface area (Å²) in [5.74, 6) is 1.08. The van der Waals surface area contributed by atoms with Gasteiger partial charge in [-0.3, -0.25) is 4.79 Å². The molecule has 1 N–H and O–H groups in total. The number of carbonyl (C=O) groups excluding carboxylic acids is 1. The smallest absolute Gasteiger partial charge is 0.253 e. The van der Waals surface area contributed by atoms with Crippen LogP contribution >= 0.6 is 0 Å². The van der Waals surface area contributed by atoms with Crippen molar-refractivity contribution >= 4 is 11.6 Å². The predicted molar refractivity (Wildman–Crippen MR) is 110 cm³/mol. The summed E-state index contributed by atoms with van der Waals surface area (Å²) in [5.41, 5.74) is 5.19. The molecule has 0 saturated carbocycles. The SMILES string of the molecule is Cc1cc(C)cc(C(=O)N2CCC3(CC2)Nc2cccnc2-n2cccc23)c1. The highest BCUT2D eigenvalue weighted by Crippen LogP contribution is 2.42. The van der Waals surface area contributed by atoms with E-state index >= 15 is 0 Å². The van der Waals surface area contributed by atoms with Gasteiger partial charge in [0.05, 0.1) is 11.2 Å². The van der Waals surface area contributed by atoms with Crippen molar-refractivity contribution in [3.63, 3.8) is 0 Å². The maximum Gasteiger partial charge on any atom is 0.253 e. The van der Waals surface area contributed by atoms with E-state index in [9.17, 15) is 4.79 Å². The number of rotatable bonds is 1. The van der Waals surface area contributed by atoms with E-state index in [4.69, 9.17) is 0 Å². The minimum absolute atomic E-state index is 0.134. The summed E-state index contributed by atoms with van der Waals surface area (Å²) >= 11 is 0. The maximum atomic E-state index is 13.1. The number of nitrogens with one attached hydrogen (secondary N) is 1. The molecule has 1 spiro atoms. The number of anilines is 1. The number of carbonyl (C=O) groups is 1. The molecule has 1 amide bonds. The molecule has 0 unspecified atom stereocenters. The average Bonchev–Trinajstić information content (AvgIpc) is 3.19. The number of nitrogens with zero attached hydrogens (tertiary/aromatic N) is 3. The first-order chi connectivity index (χ1) is 13.6. The molecule has 142 valence electrons. The van der Waals surface area contributed by atoms with Crippen molar-refractivity contribution in [2.24, 2.45) is 0 Å². The molecule has 5 nitrogen and oxygen atoms in total. The second-order valence-electron chi connectivity index (χ2n) is 8.01. The number of fused-ring (bicyclic) bond motifs is 4. The van der Waals surface area contributed by atoms with E-state index in [1.807, 2.05) is 43.1 Å². The predicted octanol–water partition coefficient (Wildman–Crippen LogP) is 4.05. The van der Waals surface area contributed by atoms with Crippen LogP contribution in [0, 0.1) is 13.8 Å². The number of likely N-dealkylation sites (tertiary alicyclic amines) is 1. The molecule has 5 rings (SSSR count). The molecule has 2 aliphatic heterocycles. The number of piperidine rings is 1. The van der Waals surface area contributed by atoms with Gasteiger partial charge in [0.1, 0.15) is 0 Å². The second-order valence-corrected chi connectivity index (χ2v) is 8.01. The van der Waals surface area contributed by atoms with Crippen LogP contribution in [-0.4, -0.2) is 33.4 Å². The van der Waals surface area contributed by atoms with Crippen LogP contribution < -0.4 is 5.32 Å². The van der Waals surface area contributed by atoms with Gasteiger partial charge in [-0.2, -0.15) is 0 Å². The third-order valence-corrected chi connectivity index (χ3v) is 6.00. The fourth-order valence-electron chi connectivity index (χ4n) is 4.72. The molecule has 2 aliphatic rings. The number of hydrogen-bond acceptors (Lipinski definition) is 3. The zero-order valence-electron chi connectivity index (χ0n) is 16.3.